The standard InChI is InChI=1S/C15H27NOS/c1-16(13-15-9-11-17-14-15)10-7-5-3-2-4-6-8-12-18/h9,11,14,18H,2-8,10,12-13H2,1H3. The molecule has 0 radical (unpaired) electrons. The fourth-order valence-electron chi connectivity index (χ4n) is 2.15. The quantitative estimate of drug-likeness (QED) is 0.474. The predicted molar refractivity (Wildman–Crippen MR) is 81.2 cm³/mol. The van der Waals surface area contributed by atoms with Crippen LogP contribution in [0.25, 0.3) is 0 Å². The number of nitrogens with zero attached hydrogens (tertiary/aromatic N) is 1. The molecular formula is C15H27NOS. The van der Waals surface area contributed by atoms with Gasteiger partial charge in [0.2, 0.25) is 0 Å². The highest BCUT2D eigenvalue weighted by Crippen LogP contribution is 2.09. The van der Waals surface area contributed by atoms with E-state index in [1.54, 1.807) is 6.26 Å². The van der Waals surface area contributed by atoms with Gasteiger partial charge in [-0.25, -0.2) is 0 Å². The van der Waals surface area contributed by atoms with Crippen LogP contribution in [0.4, 0.5) is 0 Å². The number of thiol groups is 1. The van der Waals surface area contributed by atoms with E-state index in [2.05, 4.69) is 24.6 Å². The summed E-state index contributed by atoms with van der Waals surface area (Å²) in [6, 6.07) is 2.04. The molecule has 0 amide bonds. The summed E-state index contributed by atoms with van der Waals surface area (Å²) in [7, 11) is 2.18. The van der Waals surface area contributed by atoms with Crippen molar-refractivity contribution in [1.29, 1.82) is 0 Å². The fraction of sp³-hybridized carbons (Fsp3) is 0.733. The number of hydrogen-bond acceptors (Lipinski definition) is 3. The highest BCUT2D eigenvalue weighted by atomic mass is 32.1. The molecule has 0 aliphatic heterocycles. The minimum absolute atomic E-state index is 0.998. The van der Waals surface area contributed by atoms with Crippen molar-refractivity contribution in [3.8, 4) is 0 Å². The Morgan fingerprint density at radius 1 is 1.06 bits per heavy atom. The molecule has 0 aromatic carbocycles. The zero-order valence-corrected chi connectivity index (χ0v) is 12.5. The lowest BCUT2D eigenvalue weighted by Gasteiger charge is -2.15. The van der Waals surface area contributed by atoms with Gasteiger partial charge < -0.3 is 9.32 Å². The molecule has 0 N–H and O–H groups in total. The molecule has 1 aromatic heterocycles. The first-order valence-electron chi connectivity index (χ1n) is 7.13. The Hall–Kier alpha value is -0.410. The second-order valence-electron chi connectivity index (χ2n) is 5.07. The van der Waals surface area contributed by atoms with Crippen LogP contribution < -0.4 is 0 Å². The van der Waals surface area contributed by atoms with Gasteiger partial charge in [0.05, 0.1) is 12.5 Å². The highest BCUT2D eigenvalue weighted by molar-refractivity contribution is 7.80. The van der Waals surface area contributed by atoms with Crippen molar-refractivity contribution in [1.82, 2.24) is 4.90 Å². The third-order valence-electron chi connectivity index (χ3n) is 3.23. The van der Waals surface area contributed by atoms with E-state index >= 15 is 0 Å². The van der Waals surface area contributed by atoms with Crippen molar-refractivity contribution in [2.75, 3.05) is 19.3 Å². The zero-order chi connectivity index (χ0) is 13.1. The second kappa shape index (κ2) is 10.5. The van der Waals surface area contributed by atoms with Crippen LogP contribution in [0.2, 0.25) is 0 Å². The van der Waals surface area contributed by atoms with E-state index in [9.17, 15) is 0 Å². The Kier molecular flexibility index (Phi) is 9.13. The lowest BCUT2D eigenvalue weighted by molar-refractivity contribution is 0.315. The molecule has 0 atom stereocenters. The molecule has 18 heavy (non-hydrogen) atoms. The molecule has 0 unspecified atom stereocenters. The van der Waals surface area contributed by atoms with Crippen molar-refractivity contribution < 1.29 is 4.42 Å². The smallest absolute Gasteiger partial charge is 0.0947 e. The summed E-state index contributed by atoms with van der Waals surface area (Å²) in [6.45, 7) is 2.18. The summed E-state index contributed by atoms with van der Waals surface area (Å²) in [5.41, 5.74) is 1.27. The van der Waals surface area contributed by atoms with E-state index in [1.165, 1.54) is 57.1 Å². The van der Waals surface area contributed by atoms with Crippen LogP contribution >= 0.6 is 12.6 Å². The topological polar surface area (TPSA) is 16.4 Å². The Morgan fingerprint density at radius 3 is 2.33 bits per heavy atom. The number of hydrogen-bond donors (Lipinski definition) is 1. The van der Waals surface area contributed by atoms with E-state index in [4.69, 9.17) is 4.42 Å². The SMILES string of the molecule is CN(CCCCCCCCCS)Cc1ccoc1. The van der Waals surface area contributed by atoms with Gasteiger partial charge in [0, 0.05) is 12.1 Å². The summed E-state index contributed by atoms with van der Waals surface area (Å²) in [5.74, 6) is 1.04. The first kappa shape index (κ1) is 15.6. The molecule has 1 rings (SSSR count). The van der Waals surface area contributed by atoms with E-state index in [0.717, 1.165) is 12.3 Å². The number of rotatable bonds is 11. The minimum atomic E-state index is 0.998. The van der Waals surface area contributed by atoms with E-state index in [1.807, 2.05) is 12.3 Å². The first-order chi connectivity index (χ1) is 8.83. The van der Waals surface area contributed by atoms with E-state index in [-0.39, 0.29) is 0 Å². The average Bonchev–Trinajstić information content (AvgIpc) is 2.85. The fourth-order valence-corrected chi connectivity index (χ4v) is 2.37. The molecule has 2 nitrogen and oxygen atoms in total. The molecule has 1 aromatic rings. The monoisotopic (exact) mass is 269 g/mol. The van der Waals surface area contributed by atoms with Crippen LogP contribution in [-0.2, 0) is 6.54 Å². The maximum atomic E-state index is 5.07. The van der Waals surface area contributed by atoms with Crippen LogP contribution in [0, 0.1) is 0 Å². The lowest BCUT2D eigenvalue weighted by atomic mass is 10.1. The molecule has 0 spiro atoms. The molecule has 0 aliphatic rings. The normalized spacial score (nSPS) is 11.3. The molecule has 1 heterocycles. The average molecular weight is 269 g/mol. The zero-order valence-electron chi connectivity index (χ0n) is 11.6. The van der Waals surface area contributed by atoms with Gasteiger partial charge in [0.15, 0.2) is 0 Å². The van der Waals surface area contributed by atoms with Crippen molar-refractivity contribution in [2.45, 2.75) is 51.5 Å². The van der Waals surface area contributed by atoms with Gasteiger partial charge in [-0.15, -0.1) is 0 Å². The molecule has 104 valence electrons. The summed E-state index contributed by atoms with van der Waals surface area (Å²) in [5, 5.41) is 0. The van der Waals surface area contributed by atoms with Gasteiger partial charge in [0.1, 0.15) is 0 Å². The van der Waals surface area contributed by atoms with Crippen LogP contribution in [-0.4, -0.2) is 24.2 Å². The third kappa shape index (κ3) is 7.83. The van der Waals surface area contributed by atoms with Crippen molar-refractivity contribution in [2.24, 2.45) is 0 Å². The largest absolute Gasteiger partial charge is 0.472 e. The summed E-state index contributed by atoms with van der Waals surface area (Å²) in [6.07, 6.45) is 13.0. The summed E-state index contributed by atoms with van der Waals surface area (Å²) in [4.78, 5) is 2.37. The van der Waals surface area contributed by atoms with Gasteiger partial charge >= 0.3 is 0 Å². The van der Waals surface area contributed by atoms with Crippen LogP contribution in [0.1, 0.15) is 50.5 Å². The Bertz CT molecular complexity index is 274. The van der Waals surface area contributed by atoms with Gasteiger partial charge in [-0.3, -0.25) is 0 Å². The van der Waals surface area contributed by atoms with Crippen molar-refractivity contribution in [3.05, 3.63) is 24.2 Å². The van der Waals surface area contributed by atoms with Crippen LogP contribution in [0.15, 0.2) is 23.0 Å². The lowest BCUT2D eigenvalue weighted by Crippen LogP contribution is -2.18. The molecule has 0 fully saturated rings. The Balaban J connectivity index is 1.88. The predicted octanol–water partition coefficient (Wildman–Crippen LogP) is 4.37. The molecule has 3 heteroatoms. The maximum Gasteiger partial charge on any atom is 0.0947 e. The minimum Gasteiger partial charge on any atom is -0.472 e. The van der Waals surface area contributed by atoms with Gasteiger partial charge in [-0.05, 0) is 38.3 Å². The second-order valence-corrected chi connectivity index (χ2v) is 5.52. The van der Waals surface area contributed by atoms with Gasteiger partial charge in [-0.2, -0.15) is 12.6 Å². The van der Waals surface area contributed by atoms with Crippen molar-refractivity contribution in [3.63, 3.8) is 0 Å². The summed E-state index contributed by atoms with van der Waals surface area (Å²) >= 11 is 4.23. The number of unbranched alkanes of at least 4 members (excludes halogenated alkanes) is 6. The molecule has 0 bridgehead atoms. The molecule has 0 saturated carbocycles. The van der Waals surface area contributed by atoms with Gasteiger partial charge in [0.25, 0.3) is 0 Å². The molecule has 0 aliphatic carbocycles. The molecular weight excluding hydrogens is 242 g/mol. The van der Waals surface area contributed by atoms with E-state index in [0.29, 0.717) is 0 Å². The number of furan rings is 1. The highest BCUT2D eigenvalue weighted by Gasteiger charge is 2.01. The Labute approximate surface area is 117 Å². The summed E-state index contributed by atoms with van der Waals surface area (Å²) < 4.78 is 5.07. The molecule has 0 saturated heterocycles. The first-order valence-corrected chi connectivity index (χ1v) is 7.76. The van der Waals surface area contributed by atoms with Crippen LogP contribution in [0.5, 0.6) is 0 Å². The van der Waals surface area contributed by atoms with Crippen molar-refractivity contribution >= 4 is 12.6 Å². The Morgan fingerprint density at radius 2 is 1.72 bits per heavy atom. The third-order valence-corrected chi connectivity index (χ3v) is 3.55. The van der Waals surface area contributed by atoms with E-state index < -0.39 is 0 Å². The maximum absolute atomic E-state index is 5.07. The van der Waals surface area contributed by atoms with Gasteiger partial charge in [-0.1, -0.05) is 32.1 Å². The van der Waals surface area contributed by atoms with Crippen LogP contribution in [0.3, 0.4) is 0 Å².